The summed E-state index contributed by atoms with van der Waals surface area (Å²) in [4.78, 5) is 2.88. The topological polar surface area (TPSA) is 15.3 Å². The summed E-state index contributed by atoms with van der Waals surface area (Å²) in [5.41, 5.74) is 1.05. The van der Waals surface area contributed by atoms with Gasteiger partial charge in [-0.15, -0.1) is 0 Å². The maximum atomic E-state index is 3.97. The van der Waals surface area contributed by atoms with Crippen molar-refractivity contribution in [3.05, 3.63) is 0 Å². The second-order valence-electron chi connectivity index (χ2n) is 6.69. The van der Waals surface area contributed by atoms with Crippen LogP contribution < -0.4 is 5.32 Å². The van der Waals surface area contributed by atoms with E-state index in [2.05, 4.69) is 17.1 Å². The van der Waals surface area contributed by atoms with Crippen LogP contribution in [0.15, 0.2) is 0 Å². The van der Waals surface area contributed by atoms with Gasteiger partial charge in [-0.1, -0.05) is 32.6 Å². The highest BCUT2D eigenvalue weighted by atomic mass is 15.3. The minimum atomic E-state index is 0.503. The van der Waals surface area contributed by atoms with E-state index in [4.69, 9.17) is 0 Å². The zero-order valence-corrected chi connectivity index (χ0v) is 11.4. The van der Waals surface area contributed by atoms with Crippen LogP contribution in [-0.2, 0) is 0 Å². The summed E-state index contributed by atoms with van der Waals surface area (Å²) >= 11 is 0. The van der Waals surface area contributed by atoms with Crippen molar-refractivity contribution in [2.24, 2.45) is 0 Å². The number of hydrogen-bond acceptors (Lipinski definition) is 2. The quantitative estimate of drug-likeness (QED) is 0.793. The molecule has 0 aromatic carbocycles. The Hall–Kier alpha value is -0.0800. The third kappa shape index (κ3) is 2.04. The average molecular weight is 236 g/mol. The van der Waals surface area contributed by atoms with Gasteiger partial charge < -0.3 is 5.32 Å². The maximum absolute atomic E-state index is 3.97. The molecule has 1 N–H and O–H groups in total. The van der Waals surface area contributed by atoms with Crippen molar-refractivity contribution in [3.8, 4) is 0 Å². The van der Waals surface area contributed by atoms with Gasteiger partial charge in [0.15, 0.2) is 0 Å². The third-order valence-corrected chi connectivity index (χ3v) is 5.55. The van der Waals surface area contributed by atoms with E-state index in [0.29, 0.717) is 11.1 Å². The largest absolute Gasteiger partial charge is 0.308 e. The number of nitrogens with zero attached hydrogens (tertiary/aromatic N) is 1. The lowest BCUT2D eigenvalue weighted by atomic mass is 9.84. The fraction of sp³-hybridized carbons (Fsp3) is 1.00. The van der Waals surface area contributed by atoms with Crippen molar-refractivity contribution in [1.82, 2.24) is 10.2 Å². The number of piperazine rings is 1. The molecule has 0 unspecified atom stereocenters. The van der Waals surface area contributed by atoms with Gasteiger partial charge in [0.05, 0.1) is 0 Å². The first-order valence-corrected chi connectivity index (χ1v) is 7.79. The molecule has 2 nitrogen and oxygen atoms in total. The Morgan fingerprint density at radius 3 is 2.29 bits per heavy atom. The van der Waals surface area contributed by atoms with Crippen molar-refractivity contribution in [1.29, 1.82) is 0 Å². The second kappa shape index (κ2) is 4.55. The molecule has 1 saturated heterocycles. The second-order valence-corrected chi connectivity index (χ2v) is 6.69. The van der Waals surface area contributed by atoms with E-state index in [1.807, 2.05) is 0 Å². The Labute approximate surface area is 106 Å². The number of rotatable bonds is 2. The lowest BCUT2D eigenvalue weighted by Crippen LogP contribution is -2.68. The van der Waals surface area contributed by atoms with Crippen LogP contribution in [0.2, 0.25) is 0 Å². The Balaban J connectivity index is 1.76. The molecule has 0 bridgehead atoms. The van der Waals surface area contributed by atoms with Crippen molar-refractivity contribution >= 4 is 0 Å². The predicted molar refractivity (Wildman–Crippen MR) is 72.3 cm³/mol. The van der Waals surface area contributed by atoms with Crippen LogP contribution in [0.5, 0.6) is 0 Å². The molecule has 2 aliphatic carbocycles. The molecule has 3 fully saturated rings. The molecule has 2 saturated carbocycles. The fourth-order valence-corrected chi connectivity index (χ4v) is 4.55. The molecule has 1 aliphatic heterocycles. The highest BCUT2D eigenvalue weighted by Crippen LogP contribution is 2.42. The molecule has 0 aromatic rings. The zero-order chi connectivity index (χ0) is 11.8. The van der Waals surface area contributed by atoms with E-state index in [0.717, 1.165) is 0 Å². The van der Waals surface area contributed by atoms with Gasteiger partial charge in [-0.2, -0.15) is 0 Å². The van der Waals surface area contributed by atoms with Gasteiger partial charge in [0.1, 0.15) is 0 Å². The van der Waals surface area contributed by atoms with Crippen LogP contribution in [0.1, 0.15) is 64.7 Å². The fourth-order valence-electron chi connectivity index (χ4n) is 4.55. The molecule has 2 heteroatoms. The molecule has 3 aliphatic rings. The van der Waals surface area contributed by atoms with Crippen LogP contribution in [-0.4, -0.2) is 35.6 Å². The lowest BCUT2D eigenvalue weighted by Gasteiger charge is -2.52. The van der Waals surface area contributed by atoms with Gasteiger partial charge in [0.25, 0.3) is 0 Å². The van der Waals surface area contributed by atoms with E-state index in [-0.39, 0.29) is 0 Å². The summed E-state index contributed by atoms with van der Waals surface area (Å²) in [5.74, 6) is 0. The molecule has 0 atom stereocenters. The molecule has 0 amide bonds. The van der Waals surface area contributed by atoms with E-state index < -0.39 is 0 Å². The van der Waals surface area contributed by atoms with Crippen LogP contribution >= 0.6 is 0 Å². The molecule has 1 heterocycles. The van der Waals surface area contributed by atoms with Crippen LogP contribution in [0.3, 0.4) is 0 Å². The summed E-state index contributed by atoms with van der Waals surface area (Å²) in [6.07, 6.45) is 12.8. The standard InChI is InChI=1S/C15H28N2/c1-2-11-17-13-14(7-3-4-8-14)16-12-15(17)9-5-6-10-15/h16H,2-13H2,1H3. The van der Waals surface area contributed by atoms with Gasteiger partial charge >= 0.3 is 0 Å². The van der Waals surface area contributed by atoms with E-state index in [9.17, 15) is 0 Å². The molecular weight excluding hydrogens is 208 g/mol. The third-order valence-electron chi connectivity index (χ3n) is 5.55. The Morgan fingerprint density at radius 2 is 1.65 bits per heavy atom. The highest BCUT2D eigenvalue weighted by molar-refractivity contribution is 5.08. The number of hydrogen-bond donors (Lipinski definition) is 1. The predicted octanol–water partition coefficient (Wildman–Crippen LogP) is 2.93. The monoisotopic (exact) mass is 236 g/mol. The summed E-state index contributed by atoms with van der Waals surface area (Å²) in [5, 5.41) is 3.97. The van der Waals surface area contributed by atoms with E-state index in [1.165, 1.54) is 77.4 Å². The van der Waals surface area contributed by atoms with Gasteiger partial charge in [-0.3, -0.25) is 4.90 Å². The first-order valence-electron chi connectivity index (χ1n) is 7.79. The smallest absolute Gasteiger partial charge is 0.0334 e. The minimum absolute atomic E-state index is 0.503. The van der Waals surface area contributed by atoms with Crippen LogP contribution in [0, 0.1) is 0 Å². The van der Waals surface area contributed by atoms with Gasteiger partial charge in [0, 0.05) is 24.2 Å². The summed E-state index contributed by atoms with van der Waals surface area (Å²) in [6, 6.07) is 0. The Bertz CT molecular complexity index is 262. The molecule has 17 heavy (non-hydrogen) atoms. The van der Waals surface area contributed by atoms with E-state index in [1.54, 1.807) is 0 Å². The van der Waals surface area contributed by atoms with Crippen molar-refractivity contribution in [2.45, 2.75) is 75.8 Å². The van der Waals surface area contributed by atoms with Gasteiger partial charge in [0.2, 0.25) is 0 Å². The first kappa shape index (κ1) is 12.0. The highest BCUT2D eigenvalue weighted by Gasteiger charge is 2.48. The Morgan fingerprint density at radius 1 is 1.00 bits per heavy atom. The molecule has 98 valence electrons. The summed E-state index contributed by atoms with van der Waals surface area (Å²) in [7, 11) is 0. The number of nitrogens with one attached hydrogen (secondary N) is 1. The molecule has 0 radical (unpaired) electrons. The SMILES string of the molecule is CCCN1CC2(CCCC2)NCC12CCCC2. The zero-order valence-electron chi connectivity index (χ0n) is 11.4. The molecule has 3 rings (SSSR count). The Kier molecular flexibility index (Phi) is 3.20. The average Bonchev–Trinajstić information content (AvgIpc) is 2.95. The lowest BCUT2D eigenvalue weighted by molar-refractivity contribution is 0.00944. The summed E-state index contributed by atoms with van der Waals surface area (Å²) in [6.45, 7) is 6.27. The normalized spacial score (nSPS) is 31.6. The van der Waals surface area contributed by atoms with Crippen molar-refractivity contribution in [3.63, 3.8) is 0 Å². The van der Waals surface area contributed by atoms with Crippen molar-refractivity contribution < 1.29 is 0 Å². The van der Waals surface area contributed by atoms with Gasteiger partial charge in [-0.05, 0) is 38.6 Å². The van der Waals surface area contributed by atoms with Crippen molar-refractivity contribution in [2.75, 3.05) is 19.6 Å². The molecule has 2 spiro atoms. The maximum Gasteiger partial charge on any atom is 0.0334 e. The molecular formula is C15H28N2. The first-order chi connectivity index (χ1) is 8.29. The van der Waals surface area contributed by atoms with Crippen LogP contribution in [0.4, 0.5) is 0 Å². The van der Waals surface area contributed by atoms with E-state index >= 15 is 0 Å². The summed E-state index contributed by atoms with van der Waals surface area (Å²) < 4.78 is 0. The minimum Gasteiger partial charge on any atom is -0.308 e. The van der Waals surface area contributed by atoms with Crippen LogP contribution in [0.25, 0.3) is 0 Å². The van der Waals surface area contributed by atoms with Gasteiger partial charge in [-0.25, -0.2) is 0 Å². The molecule has 0 aromatic heterocycles.